The Labute approximate surface area is 227 Å². The second-order valence-electron chi connectivity index (χ2n) is 7.58. The molecule has 0 aliphatic carbocycles. The fourth-order valence-electron chi connectivity index (χ4n) is 3.22. The second kappa shape index (κ2) is 12.9. The smallest absolute Gasteiger partial charge is 0.253 e. The van der Waals surface area contributed by atoms with E-state index in [1.807, 2.05) is 60.7 Å². The van der Waals surface area contributed by atoms with Gasteiger partial charge in [-0.15, -0.1) is 0 Å². The molecule has 0 aliphatic heterocycles. The molecule has 0 N–H and O–H groups in total. The maximum atomic E-state index is 12.0. The van der Waals surface area contributed by atoms with Crippen LogP contribution >= 0.6 is 44.8 Å². The van der Waals surface area contributed by atoms with Crippen LogP contribution < -0.4 is 9.47 Å². The summed E-state index contributed by atoms with van der Waals surface area (Å²) < 4.78 is 11.8. The van der Waals surface area contributed by atoms with Gasteiger partial charge >= 0.3 is 0 Å². The van der Waals surface area contributed by atoms with Crippen molar-refractivity contribution in [2.24, 2.45) is 0 Å². The van der Waals surface area contributed by atoms with Gasteiger partial charge in [0.1, 0.15) is 24.7 Å². The van der Waals surface area contributed by atoms with Gasteiger partial charge in [0.2, 0.25) is 0 Å². The van der Waals surface area contributed by atoms with Gasteiger partial charge in [-0.05, 0) is 70.7 Å². The fourth-order valence-corrected chi connectivity index (χ4v) is 6.04. The van der Waals surface area contributed by atoms with Crippen LogP contribution in [0, 0.1) is 0 Å². The first-order valence-electron chi connectivity index (χ1n) is 10.9. The maximum Gasteiger partial charge on any atom is 0.253 e. The van der Waals surface area contributed by atoms with E-state index in [4.69, 9.17) is 32.7 Å². The van der Waals surface area contributed by atoms with Gasteiger partial charge in [-0.3, -0.25) is 9.59 Å². The van der Waals surface area contributed by atoms with Gasteiger partial charge in [-0.2, -0.15) is 0 Å². The number of benzene rings is 4. The Bertz CT molecular complexity index is 1240. The summed E-state index contributed by atoms with van der Waals surface area (Å²) in [6.07, 6.45) is 0. The molecule has 0 amide bonds. The SMILES string of the molecule is O=C(Cl)c1ccc(OCc2ccccc2)cc1SSc1cc(OCc2ccccc2)ccc1C(=O)Cl. The number of ether oxygens (including phenoxy) is 2. The van der Waals surface area contributed by atoms with Crippen molar-refractivity contribution in [3.05, 3.63) is 119 Å². The largest absolute Gasteiger partial charge is 0.489 e. The van der Waals surface area contributed by atoms with Crippen molar-refractivity contribution in [3.8, 4) is 11.5 Å². The Morgan fingerprint density at radius 1 is 0.583 bits per heavy atom. The average Bonchev–Trinajstić information content (AvgIpc) is 2.90. The van der Waals surface area contributed by atoms with Crippen LogP contribution in [0.2, 0.25) is 0 Å². The van der Waals surface area contributed by atoms with E-state index in [1.54, 1.807) is 36.4 Å². The zero-order valence-electron chi connectivity index (χ0n) is 18.9. The highest BCUT2D eigenvalue weighted by atomic mass is 35.5. The summed E-state index contributed by atoms with van der Waals surface area (Å²) in [5.41, 5.74) is 2.74. The zero-order chi connectivity index (χ0) is 25.3. The van der Waals surface area contributed by atoms with Crippen molar-refractivity contribution in [1.29, 1.82) is 0 Å². The second-order valence-corrected chi connectivity index (χ2v) is 10.5. The monoisotopic (exact) mass is 554 g/mol. The van der Waals surface area contributed by atoms with Gasteiger partial charge in [0.15, 0.2) is 0 Å². The van der Waals surface area contributed by atoms with E-state index < -0.39 is 10.5 Å². The molecule has 182 valence electrons. The quantitative estimate of drug-likeness (QED) is 0.137. The van der Waals surface area contributed by atoms with Crippen molar-refractivity contribution in [1.82, 2.24) is 0 Å². The molecule has 0 radical (unpaired) electrons. The van der Waals surface area contributed by atoms with E-state index in [0.29, 0.717) is 45.6 Å². The van der Waals surface area contributed by atoms with Crippen LogP contribution in [-0.4, -0.2) is 10.5 Å². The van der Waals surface area contributed by atoms with Crippen LogP contribution in [0.4, 0.5) is 0 Å². The molecule has 4 aromatic carbocycles. The molecule has 0 aromatic heterocycles. The van der Waals surface area contributed by atoms with E-state index in [2.05, 4.69) is 0 Å². The molecule has 4 rings (SSSR count). The van der Waals surface area contributed by atoms with E-state index in [9.17, 15) is 9.59 Å². The Balaban J connectivity index is 1.51. The Kier molecular flexibility index (Phi) is 9.36. The first-order valence-corrected chi connectivity index (χ1v) is 13.8. The normalized spacial score (nSPS) is 10.6. The summed E-state index contributed by atoms with van der Waals surface area (Å²) in [6, 6.07) is 29.7. The van der Waals surface area contributed by atoms with Crippen molar-refractivity contribution in [2.75, 3.05) is 0 Å². The summed E-state index contributed by atoms with van der Waals surface area (Å²) in [4.78, 5) is 25.3. The highest BCUT2D eigenvalue weighted by Crippen LogP contribution is 2.43. The molecule has 0 unspecified atom stereocenters. The first kappa shape index (κ1) is 26.2. The third kappa shape index (κ3) is 7.31. The summed E-state index contributed by atoms with van der Waals surface area (Å²) in [5.74, 6) is 1.19. The van der Waals surface area contributed by atoms with E-state index >= 15 is 0 Å². The van der Waals surface area contributed by atoms with Crippen LogP contribution in [0.3, 0.4) is 0 Å². The summed E-state index contributed by atoms with van der Waals surface area (Å²) in [7, 11) is 2.57. The molecule has 0 fully saturated rings. The molecule has 0 atom stereocenters. The third-order valence-electron chi connectivity index (χ3n) is 5.05. The van der Waals surface area contributed by atoms with Crippen LogP contribution in [0.5, 0.6) is 11.5 Å². The Morgan fingerprint density at radius 2 is 0.972 bits per heavy atom. The summed E-state index contributed by atoms with van der Waals surface area (Å²) in [6.45, 7) is 0.774. The van der Waals surface area contributed by atoms with Gasteiger partial charge in [0.25, 0.3) is 10.5 Å². The molecule has 36 heavy (non-hydrogen) atoms. The molecule has 0 saturated heterocycles. The van der Waals surface area contributed by atoms with Gasteiger partial charge < -0.3 is 9.47 Å². The first-order chi connectivity index (χ1) is 17.5. The number of carbonyl (C=O) groups excluding carboxylic acids is 2. The van der Waals surface area contributed by atoms with Crippen molar-refractivity contribution in [2.45, 2.75) is 23.0 Å². The summed E-state index contributed by atoms with van der Waals surface area (Å²) in [5, 5.41) is -1.16. The minimum Gasteiger partial charge on any atom is -0.489 e. The van der Waals surface area contributed by atoms with Crippen molar-refractivity contribution < 1.29 is 19.1 Å². The lowest BCUT2D eigenvalue weighted by Crippen LogP contribution is -1.98. The molecular weight excluding hydrogens is 535 g/mol. The number of carbonyl (C=O) groups is 2. The standard InChI is InChI=1S/C28H20Cl2O4S2/c29-27(31)23-13-11-21(33-17-19-7-3-1-4-8-19)15-25(23)35-36-26-16-22(12-14-24(26)28(30)32)34-18-20-9-5-2-6-10-20/h1-16H,17-18H2. The van der Waals surface area contributed by atoms with Crippen LogP contribution in [0.25, 0.3) is 0 Å². The van der Waals surface area contributed by atoms with Gasteiger partial charge in [-0.1, -0.05) is 82.3 Å². The lowest BCUT2D eigenvalue weighted by atomic mass is 10.2. The van der Waals surface area contributed by atoms with Crippen LogP contribution in [-0.2, 0) is 13.2 Å². The highest BCUT2D eigenvalue weighted by Gasteiger charge is 2.16. The molecule has 8 heteroatoms. The topological polar surface area (TPSA) is 52.6 Å². The number of halogens is 2. The molecule has 0 spiro atoms. The molecule has 0 aliphatic rings. The molecule has 0 saturated carbocycles. The Morgan fingerprint density at radius 3 is 1.33 bits per heavy atom. The third-order valence-corrected chi connectivity index (χ3v) is 7.90. The molecule has 0 heterocycles. The van der Waals surface area contributed by atoms with E-state index in [-0.39, 0.29) is 0 Å². The minimum absolute atomic E-state index is 0.344. The fraction of sp³-hybridized carbons (Fsp3) is 0.0714. The zero-order valence-corrected chi connectivity index (χ0v) is 22.0. The molecule has 0 bridgehead atoms. The number of hydrogen-bond acceptors (Lipinski definition) is 6. The van der Waals surface area contributed by atoms with Gasteiger partial charge in [0, 0.05) is 20.9 Å². The lowest BCUT2D eigenvalue weighted by molar-refractivity contribution is 0.107. The Hall–Kier alpha value is -2.90. The van der Waals surface area contributed by atoms with E-state index in [0.717, 1.165) is 11.1 Å². The number of rotatable bonds is 11. The van der Waals surface area contributed by atoms with Crippen molar-refractivity contribution in [3.63, 3.8) is 0 Å². The van der Waals surface area contributed by atoms with Crippen LogP contribution in [0.1, 0.15) is 31.8 Å². The summed E-state index contributed by atoms with van der Waals surface area (Å²) >= 11 is 11.6. The molecule has 4 nitrogen and oxygen atoms in total. The van der Waals surface area contributed by atoms with Crippen LogP contribution in [0.15, 0.2) is 107 Å². The highest BCUT2D eigenvalue weighted by molar-refractivity contribution is 8.76. The predicted molar refractivity (Wildman–Crippen MR) is 147 cm³/mol. The van der Waals surface area contributed by atoms with Crippen molar-refractivity contribution >= 4 is 55.3 Å². The minimum atomic E-state index is -0.582. The van der Waals surface area contributed by atoms with Gasteiger partial charge in [0.05, 0.1) is 0 Å². The number of hydrogen-bond donors (Lipinski definition) is 0. The predicted octanol–water partition coefficient (Wildman–Crippen LogP) is 8.40. The van der Waals surface area contributed by atoms with Gasteiger partial charge in [-0.25, -0.2) is 0 Å². The van der Waals surface area contributed by atoms with E-state index in [1.165, 1.54) is 21.6 Å². The molecular formula is C28H20Cl2O4S2. The average molecular weight is 556 g/mol. The maximum absolute atomic E-state index is 12.0. The lowest BCUT2D eigenvalue weighted by Gasteiger charge is -2.12. The molecule has 4 aromatic rings.